The number of nitrogens with zero attached hydrogens (tertiary/aromatic N) is 3. The maximum Gasteiger partial charge on any atom is 0.407 e. The quantitative estimate of drug-likeness (QED) is 0.189. The van der Waals surface area contributed by atoms with Gasteiger partial charge in [-0.3, -0.25) is 19.2 Å². The van der Waals surface area contributed by atoms with Crippen LogP contribution in [0.2, 0.25) is 0 Å². The third-order valence-electron chi connectivity index (χ3n) is 12.7. The number of methoxy groups -OCH3 is 2. The van der Waals surface area contributed by atoms with Gasteiger partial charge >= 0.3 is 12.2 Å². The Balaban J connectivity index is 1.10. The Labute approximate surface area is 365 Å². The lowest BCUT2D eigenvalue weighted by Gasteiger charge is -2.37. The van der Waals surface area contributed by atoms with Crippen LogP contribution in [0.4, 0.5) is 21.0 Å². The fraction of sp³-hybridized carbons (Fsp3) is 0.532. The van der Waals surface area contributed by atoms with Crippen molar-refractivity contribution in [3.63, 3.8) is 0 Å². The van der Waals surface area contributed by atoms with Crippen LogP contribution in [-0.2, 0) is 28.7 Å². The number of benzene rings is 2. The molecule has 4 N–H and O–H groups in total. The molecule has 3 aliphatic heterocycles. The molecule has 0 saturated carbocycles. The number of carbonyl (C=O) groups is 6. The van der Waals surface area contributed by atoms with Gasteiger partial charge in [0.05, 0.1) is 20.3 Å². The summed E-state index contributed by atoms with van der Waals surface area (Å²) in [5.74, 6) is -1.30. The number of carbonyl (C=O) groups excluding carboxylic acids is 6. The first-order chi connectivity index (χ1) is 29.7. The van der Waals surface area contributed by atoms with E-state index < -0.39 is 36.4 Å². The molecule has 2 aromatic rings. The van der Waals surface area contributed by atoms with E-state index in [-0.39, 0.29) is 53.5 Å². The predicted octanol–water partition coefficient (Wildman–Crippen LogP) is 5.96. The van der Waals surface area contributed by atoms with Gasteiger partial charge in [-0.25, -0.2) is 9.59 Å². The van der Waals surface area contributed by atoms with Crippen LogP contribution in [0.5, 0.6) is 0 Å². The van der Waals surface area contributed by atoms with Gasteiger partial charge in [-0.2, -0.15) is 0 Å². The summed E-state index contributed by atoms with van der Waals surface area (Å²) >= 11 is 0. The van der Waals surface area contributed by atoms with Crippen molar-refractivity contribution >= 4 is 47.2 Å². The van der Waals surface area contributed by atoms with Crippen LogP contribution in [0, 0.1) is 24.7 Å². The topological polar surface area (TPSA) is 179 Å². The normalized spacial score (nSPS) is 23.1. The zero-order valence-electron chi connectivity index (χ0n) is 37.0. The molecule has 6 amide bonds. The molecule has 2 unspecified atom stereocenters. The summed E-state index contributed by atoms with van der Waals surface area (Å²) in [6.07, 6.45) is 9.89. The third-order valence-corrected chi connectivity index (χ3v) is 12.7. The first kappa shape index (κ1) is 45.7. The first-order valence-corrected chi connectivity index (χ1v) is 22.0. The van der Waals surface area contributed by atoms with E-state index >= 15 is 0 Å². The van der Waals surface area contributed by atoms with E-state index in [2.05, 4.69) is 81.6 Å². The van der Waals surface area contributed by atoms with Crippen molar-refractivity contribution in [3.8, 4) is 0 Å². The highest BCUT2D eigenvalue weighted by Crippen LogP contribution is 2.44. The van der Waals surface area contributed by atoms with Gasteiger partial charge < -0.3 is 45.4 Å². The predicted molar refractivity (Wildman–Crippen MR) is 236 cm³/mol. The molecule has 0 spiro atoms. The van der Waals surface area contributed by atoms with Crippen LogP contribution in [0.3, 0.4) is 0 Å². The third kappa shape index (κ3) is 10.4. The molecule has 0 bridgehead atoms. The smallest absolute Gasteiger partial charge is 0.407 e. The van der Waals surface area contributed by atoms with E-state index in [0.29, 0.717) is 50.2 Å². The van der Waals surface area contributed by atoms with Crippen molar-refractivity contribution in [3.05, 3.63) is 83.6 Å². The van der Waals surface area contributed by atoms with Crippen molar-refractivity contribution in [2.45, 2.75) is 116 Å². The molecule has 3 saturated heterocycles. The van der Waals surface area contributed by atoms with Crippen molar-refractivity contribution in [1.29, 1.82) is 0 Å². The van der Waals surface area contributed by atoms with Crippen molar-refractivity contribution in [2.75, 3.05) is 37.5 Å². The second-order valence-electron chi connectivity index (χ2n) is 17.5. The van der Waals surface area contributed by atoms with Gasteiger partial charge in [-0.15, -0.1) is 0 Å². The van der Waals surface area contributed by atoms with Gasteiger partial charge in [0.2, 0.25) is 23.6 Å². The lowest BCUT2D eigenvalue weighted by Crippen LogP contribution is -2.55. The number of hydrogen-bond donors (Lipinski definition) is 4. The number of aryl methyl sites for hydroxylation is 1. The molecular formula is C47H63N7O8. The Hall–Kier alpha value is -5.86. The van der Waals surface area contributed by atoms with Crippen LogP contribution >= 0.6 is 0 Å². The summed E-state index contributed by atoms with van der Waals surface area (Å²) in [7, 11) is 2.51. The van der Waals surface area contributed by atoms with Gasteiger partial charge in [0.1, 0.15) is 24.2 Å². The molecule has 3 fully saturated rings. The molecule has 6 rings (SSSR count). The summed E-state index contributed by atoms with van der Waals surface area (Å²) < 4.78 is 9.47. The van der Waals surface area contributed by atoms with Crippen LogP contribution < -0.4 is 26.2 Å². The fourth-order valence-corrected chi connectivity index (χ4v) is 9.29. The summed E-state index contributed by atoms with van der Waals surface area (Å²) in [4.78, 5) is 83.9. The zero-order valence-corrected chi connectivity index (χ0v) is 37.0. The Morgan fingerprint density at radius 2 is 1.21 bits per heavy atom. The number of ether oxygens (including phenoxy) is 2. The second-order valence-corrected chi connectivity index (χ2v) is 17.5. The Kier molecular flexibility index (Phi) is 15.0. The molecule has 15 nitrogen and oxygen atoms in total. The van der Waals surface area contributed by atoms with Gasteiger partial charge in [-0.05, 0) is 99.6 Å². The molecule has 2 aromatic carbocycles. The zero-order chi connectivity index (χ0) is 44.7. The summed E-state index contributed by atoms with van der Waals surface area (Å²) in [5.41, 5.74) is 4.76. The minimum Gasteiger partial charge on any atom is -0.453 e. The highest BCUT2D eigenvalue weighted by molar-refractivity contribution is 5.99. The monoisotopic (exact) mass is 853 g/mol. The molecule has 4 aliphatic rings. The molecule has 3 heterocycles. The van der Waals surface area contributed by atoms with E-state index in [0.717, 1.165) is 30.5 Å². The SMILES string of the molecule is COC(=O)N[C@H](C(=O)N1CCCC1C(=O)NC1=CCC([C@H]2CC[C@H](c3ccc(NC(=O)[C@@H]4CCCN4C(=O)[C@@H](NC(=O)OC)C(C)C)cc3)N2c2ccc(C)cc2)C=C1)C(C)C. The summed E-state index contributed by atoms with van der Waals surface area (Å²) in [5, 5.41) is 11.4. The standard InChI is InChI=1S/C47H63N7O8/c1-28(2)40(50-46(59)61-6)44(57)52-26-8-10-38(52)42(55)48-33-18-14-31(15-19-33)36-24-25-37(54(36)35-22-12-30(5)13-23-35)32-16-20-34(21-17-32)49-43(56)39-11-9-27-53(39)45(58)41(29(3)4)51-47(60)62-7/h12-16,18-23,28-29,32,36-41H,8-11,17,24-27H2,1-7H3,(H,48,55)(H,49,56)(H,50,59)(H,51,60)/t32?,36-,37-,38+,39?,40+,41+/m1/s1. The maximum atomic E-state index is 13.6. The Morgan fingerprint density at radius 3 is 1.69 bits per heavy atom. The van der Waals surface area contributed by atoms with Gasteiger partial charge in [0, 0.05) is 42.1 Å². The van der Waals surface area contributed by atoms with Crippen LogP contribution in [0.1, 0.15) is 89.8 Å². The summed E-state index contributed by atoms with van der Waals surface area (Å²) in [6.45, 7) is 10.3. The highest BCUT2D eigenvalue weighted by atomic mass is 16.5. The van der Waals surface area contributed by atoms with Crippen LogP contribution in [0.25, 0.3) is 0 Å². The number of allylic oxidation sites excluding steroid dienone is 2. The lowest BCUT2D eigenvalue weighted by atomic mass is 9.90. The Bertz CT molecular complexity index is 2020. The molecule has 0 radical (unpaired) electrons. The number of amides is 6. The van der Waals surface area contributed by atoms with E-state index in [1.807, 2.05) is 45.9 Å². The first-order valence-electron chi connectivity index (χ1n) is 22.0. The fourth-order valence-electron chi connectivity index (χ4n) is 9.29. The number of nitrogens with one attached hydrogen (secondary N) is 4. The molecule has 62 heavy (non-hydrogen) atoms. The number of rotatable bonds is 13. The van der Waals surface area contributed by atoms with Gasteiger partial charge in [-0.1, -0.05) is 69.7 Å². The minimum atomic E-state index is -0.806. The molecule has 7 atom stereocenters. The van der Waals surface area contributed by atoms with Gasteiger partial charge in [0.15, 0.2) is 0 Å². The van der Waals surface area contributed by atoms with Crippen molar-refractivity contribution < 1.29 is 38.2 Å². The number of alkyl carbamates (subject to hydrolysis) is 2. The maximum absolute atomic E-state index is 13.6. The average molecular weight is 854 g/mol. The van der Waals surface area contributed by atoms with E-state index in [4.69, 9.17) is 9.47 Å². The van der Waals surface area contributed by atoms with Gasteiger partial charge in [0.25, 0.3) is 0 Å². The largest absolute Gasteiger partial charge is 0.453 e. The van der Waals surface area contributed by atoms with E-state index in [9.17, 15) is 28.8 Å². The van der Waals surface area contributed by atoms with E-state index in [1.165, 1.54) is 19.8 Å². The van der Waals surface area contributed by atoms with Crippen LogP contribution in [0.15, 0.2) is 72.5 Å². The molecule has 15 heteroatoms. The number of likely N-dealkylation sites (tertiary alicyclic amines) is 2. The molecule has 0 aromatic heterocycles. The van der Waals surface area contributed by atoms with E-state index in [1.54, 1.807) is 9.80 Å². The minimum absolute atomic E-state index is 0.0818. The second kappa shape index (κ2) is 20.3. The Morgan fingerprint density at radius 1 is 0.677 bits per heavy atom. The average Bonchev–Trinajstić information content (AvgIpc) is 4.06. The van der Waals surface area contributed by atoms with Crippen molar-refractivity contribution in [2.24, 2.45) is 17.8 Å². The highest BCUT2D eigenvalue weighted by Gasteiger charge is 2.42. The summed E-state index contributed by atoms with van der Waals surface area (Å²) in [6, 6.07) is 13.9. The number of hydrogen-bond acceptors (Lipinski definition) is 9. The van der Waals surface area contributed by atoms with Crippen LogP contribution in [-0.4, -0.2) is 103 Å². The number of anilines is 2. The molecular weight excluding hydrogens is 791 g/mol. The molecule has 1 aliphatic carbocycles. The lowest BCUT2D eigenvalue weighted by molar-refractivity contribution is -0.140. The van der Waals surface area contributed by atoms with Crippen molar-refractivity contribution in [1.82, 2.24) is 25.8 Å². The molecule has 334 valence electrons.